The van der Waals surface area contributed by atoms with Gasteiger partial charge in [-0.3, -0.25) is 4.79 Å². The molecule has 0 fully saturated rings. The summed E-state index contributed by atoms with van der Waals surface area (Å²) < 4.78 is 7.42. The van der Waals surface area contributed by atoms with E-state index in [1.165, 1.54) is 0 Å². The van der Waals surface area contributed by atoms with Crippen LogP contribution in [-0.2, 0) is 11.2 Å². The molecule has 4 rings (SSSR count). The molecule has 2 aromatic heterocycles. The molecule has 0 aliphatic carbocycles. The first-order valence-corrected chi connectivity index (χ1v) is 14.9. The standard InChI is InChI=1S/C26H29N3O3SSi/c1-26(2,3)34(4,5)32-20-8-6-7-19(14-20)29-25-24-21(27-16-28-25)15-22(33-24)18-11-9-17(10-12-18)13-23(30)31/h6-12,14-16H,13H2,1-5H3,(H,30,31)(H,27,28,29). The zero-order valence-electron chi connectivity index (χ0n) is 20.0. The number of hydrogen-bond donors (Lipinski definition) is 2. The van der Waals surface area contributed by atoms with Gasteiger partial charge in [0.15, 0.2) is 5.82 Å². The van der Waals surface area contributed by atoms with Crippen molar-refractivity contribution in [3.05, 3.63) is 66.5 Å². The highest BCUT2D eigenvalue weighted by Gasteiger charge is 2.39. The van der Waals surface area contributed by atoms with Crippen LogP contribution in [0.5, 0.6) is 5.75 Å². The molecule has 2 aromatic carbocycles. The Balaban J connectivity index is 1.59. The van der Waals surface area contributed by atoms with Crippen LogP contribution in [0.25, 0.3) is 20.7 Å². The summed E-state index contributed by atoms with van der Waals surface area (Å²) in [7, 11) is -1.94. The van der Waals surface area contributed by atoms with Crippen molar-refractivity contribution < 1.29 is 14.3 Å². The first kappa shape index (κ1) is 23.9. The molecule has 0 radical (unpaired) electrons. The zero-order valence-corrected chi connectivity index (χ0v) is 21.9. The third-order valence-electron chi connectivity index (χ3n) is 6.18. The Labute approximate surface area is 204 Å². The van der Waals surface area contributed by atoms with Gasteiger partial charge in [-0.25, -0.2) is 9.97 Å². The lowest BCUT2D eigenvalue weighted by Crippen LogP contribution is -2.43. The maximum atomic E-state index is 10.9. The molecular weight excluding hydrogens is 462 g/mol. The molecule has 0 saturated carbocycles. The van der Waals surface area contributed by atoms with Gasteiger partial charge in [0.1, 0.15) is 12.1 Å². The lowest BCUT2D eigenvalue weighted by atomic mass is 10.1. The highest BCUT2D eigenvalue weighted by Crippen LogP contribution is 2.39. The van der Waals surface area contributed by atoms with Crippen LogP contribution in [0.15, 0.2) is 60.9 Å². The van der Waals surface area contributed by atoms with Gasteiger partial charge in [0.25, 0.3) is 0 Å². The minimum Gasteiger partial charge on any atom is -0.543 e. The summed E-state index contributed by atoms with van der Waals surface area (Å²) in [6, 6.07) is 17.7. The van der Waals surface area contributed by atoms with Crippen molar-refractivity contribution in [3.63, 3.8) is 0 Å². The van der Waals surface area contributed by atoms with E-state index < -0.39 is 14.3 Å². The van der Waals surface area contributed by atoms with Gasteiger partial charge in [0.05, 0.1) is 16.6 Å². The number of carboxylic acid groups (broad SMARTS) is 1. The summed E-state index contributed by atoms with van der Waals surface area (Å²) in [4.78, 5) is 20.9. The van der Waals surface area contributed by atoms with E-state index in [0.29, 0.717) is 0 Å². The van der Waals surface area contributed by atoms with Gasteiger partial charge in [-0.05, 0) is 47.5 Å². The molecule has 34 heavy (non-hydrogen) atoms. The van der Waals surface area contributed by atoms with Crippen LogP contribution in [0, 0.1) is 0 Å². The van der Waals surface area contributed by atoms with Gasteiger partial charge in [0, 0.05) is 16.6 Å². The van der Waals surface area contributed by atoms with Crippen molar-refractivity contribution >= 4 is 47.3 Å². The van der Waals surface area contributed by atoms with Crippen molar-refractivity contribution in [1.29, 1.82) is 0 Å². The number of thiophene rings is 1. The smallest absolute Gasteiger partial charge is 0.307 e. The van der Waals surface area contributed by atoms with Crippen LogP contribution in [-0.4, -0.2) is 29.4 Å². The number of carbonyl (C=O) groups is 1. The predicted molar refractivity (Wildman–Crippen MR) is 142 cm³/mol. The third kappa shape index (κ3) is 5.29. The first-order chi connectivity index (χ1) is 16.0. The minimum atomic E-state index is -1.94. The Morgan fingerprint density at radius 1 is 1.09 bits per heavy atom. The molecule has 8 heteroatoms. The fraction of sp³-hybridized carbons (Fsp3) is 0.269. The second-order valence-corrected chi connectivity index (χ2v) is 15.6. The average Bonchev–Trinajstić information content (AvgIpc) is 3.18. The number of carboxylic acids is 1. The molecule has 0 spiro atoms. The van der Waals surface area contributed by atoms with E-state index in [1.54, 1.807) is 17.7 Å². The van der Waals surface area contributed by atoms with Crippen molar-refractivity contribution in [3.8, 4) is 16.2 Å². The summed E-state index contributed by atoms with van der Waals surface area (Å²) in [6.45, 7) is 11.2. The molecule has 0 aliphatic rings. The van der Waals surface area contributed by atoms with E-state index in [0.717, 1.165) is 43.5 Å². The monoisotopic (exact) mass is 491 g/mol. The predicted octanol–water partition coefficient (Wildman–Crippen LogP) is 7.11. The molecule has 0 saturated heterocycles. The van der Waals surface area contributed by atoms with Gasteiger partial charge in [-0.1, -0.05) is 51.1 Å². The second-order valence-electron chi connectivity index (χ2n) is 9.83. The topological polar surface area (TPSA) is 84.3 Å². The normalized spacial score (nSPS) is 12.0. The Morgan fingerprint density at radius 2 is 1.82 bits per heavy atom. The molecule has 0 atom stereocenters. The van der Waals surface area contributed by atoms with Gasteiger partial charge in [-0.15, -0.1) is 11.3 Å². The number of benzene rings is 2. The maximum absolute atomic E-state index is 10.9. The van der Waals surface area contributed by atoms with Crippen molar-refractivity contribution in [2.24, 2.45) is 0 Å². The number of hydrogen-bond acceptors (Lipinski definition) is 6. The van der Waals surface area contributed by atoms with E-state index in [2.05, 4.69) is 49.1 Å². The Morgan fingerprint density at radius 3 is 2.50 bits per heavy atom. The number of fused-ring (bicyclic) bond motifs is 1. The number of aromatic nitrogens is 2. The molecule has 0 bridgehead atoms. The van der Waals surface area contributed by atoms with Crippen LogP contribution in [0.2, 0.25) is 18.1 Å². The third-order valence-corrected chi connectivity index (χ3v) is 11.7. The second kappa shape index (κ2) is 9.19. The molecule has 0 aliphatic heterocycles. The van der Waals surface area contributed by atoms with E-state index in [9.17, 15) is 4.79 Å². The SMILES string of the molecule is CC(C)(C)[Si](C)(C)Oc1cccc(Nc2ncnc3cc(-c4ccc(CC(=O)O)cc4)sc23)c1. The maximum Gasteiger partial charge on any atom is 0.307 e. The van der Waals surface area contributed by atoms with Crippen molar-refractivity contribution in [2.45, 2.75) is 45.3 Å². The van der Waals surface area contributed by atoms with Crippen LogP contribution >= 0.6 is 11.3 Å². The zero-order chi connectivity index (χ0) is 24.5. The number of nitrogens with one attached hydrogen (secondary N) is 1. The van der Waals surface area contributed by atoms with Gasteiger partial charge < -0.3 is 14.8 Å². The van der Waals surface area contributed by atoms with Crippen LogP contribution in [0.4, 0.5) is 11.5 Å². The number of anilines is 2. The number of nitrogens with zero attached hydrogens (tertiary/aromatic N) is 2. The Kier molecular flexibility index (Phi) is 6.46. The quantitative estimate of drug-likeness (QED) is 0.268. The van der Waals surface area contributed by atoms with Crippen LogP contribution < -0.4 is 9.74 Å². The molecule has 0 unspecified atom stereocenters. The largest absolute Gasteiger partial charge is 0.543 e. The molecule has 2 heterocycles. The molecule has 0 amide bonds. The van der Waals surface area contributed by atoms with Gasteiger partial charge >= 0.3 is 5.97 Å². The average molecular weight is 492 g/mol. The summed E-state index contributed by atoms with van der Waals surface area (Å²) in [5.41, 5.74) is 3.57. The Bertz CT molecular complexity index is 1330. The van der Waals surface area contributed by atoms with E-state index in [-0.39, 0.29) is 11.5 Å². The number of rotatable bonds is 7. The van der Waals surface area contributed by atoms with E-state index >= 15 is 0 Å². The summed E-state index contributed by atoms with van der Waals surface area (Å²) in [6.07, 6.45) is 1.58. The lowest BCUT2D eigenvalue weighted by molar-refractivity contribution is -0.136. The molecule has 2 N–H and O–H groups in total. The Hall–Kier alpha value is -3.23. The van der Waals surface area contributed by atoms with Gasteiger partial charge in [-0.2, -0.15) is 0 Å². The van der Waals surface area contributed by atoms with E-state index in [1.807, 2.05) is 54.6 Å². The first-order valence-electron chi connectivity index (χ1n) is 11.1. The molecule has 176 valence electrons. The van der Waals surface area contributed by atoms with Crippen LogP contribution in [0.1, 0.15) is 26.3 Å². The summed E-state index contributed by atoms with van der Waals surface area (Å²) >= 11 is 1.61. The molecule has 6 nitrogen and oxygen atoms in total. The highest BCUT2D eigenvalue weighted by atomic mass is 32.1. The molecule has 4 aromatic rings. The highest BCUT2D eigenvalue weighted by molar-refractivity contribution is 7.22. The van der Waals surface area contributed by atoms with Crippen molar-refractivity contribution in [2.75, 3.05) is 5.32 Å². The van der Waals surface area contributed by atoms with Crippen molar-refractivity contribution in [1.82, 2.24) is 9.97 Å². The summed E-state index contributed by atoms with van der Waals surface area (Å²) in [5.74, 6) is 0.767. The van der Waals surface area contributed by atoms with Gasteiger partial charge in [0.2, 0.25) is 8.32 Å². The minimum absolute atomic E-state index is 0.0183. The fourth-order valence-electron chi connectivity index (χ4n) is 3.27. The summed E-state index contributed by atoms with van der Waals surface area (Å²) in [5, 5.41) is 12.5. The van der Waals surface area contributed by atoms with Crippen LogP contribution in [0.3, 0.4) is 0 Å². The van der Waals surface area contributed by atoms with E-state index in [4.69, 9.17) is 9.53 Å². The lowest BCUT2D eigenvalue weighted by Gasteiger charge is -2.36. The molecular formula is C26H29N3O3SSi. The fourth-order valence-corrected chi connectivity index (χ4v) is 5.35. The number of aliphatic carboxylic acids is 1.